The summed E-state index contributed by atoms with van der Waals surface area (Å²) in [5, 5.41) is 2.78. The van der Waals surface area contributed by atoms with Crippen LogP contribution in [0.4, 0.5) is 32.0 Å². The summed E-state index contributed by atoms with van der Waals surface area (Å²) in [4.78, 5) is 11.1. The lowest BCUT2D eigenvalue weighted by molar-refractivity contribution is -0.137. The van der Waals surface area contributed by atoms with Crippen LogP contribution < -0.4 is 19.1 Å². The third kappa shape index (κ3) is 6.21. The maximum Gasteiger partial charge on any atom is 0.416 e. The highest BCUT2D eigenvalue weighted by molar-refractivity contribution is 7.92. The predicted octanol–water partition coefficient (Wildman–Crippen LogP) is 5.74. The number of halogens is 6. The van der Waals surface area contributed by atoms with Crippen LogP contribution in [-0.2, 0) is 21.0 Å². The lowest BCUT2D eigenvalue weighted by Gasteiger charge is -2.36. The first-order valence-electron chi connectivity index (χ1n) is 12.4. The maximum absolute atomic E-state index is 14.2. The average Bonchev–Trinajstić information content (AvgIpc) is 3.31. The van der Waals surface area contributed by atoms with Gasteiger partial charge in [-0.15, -0.1) is 0 Å². The molecule has 3 aromatic rings. The molecule has 2 aliphatic heterocycles. The number of fused-ring (bicyclic) bond motifs is 1. The van der Waals surface area contributed by atoms with E-state index in [1.807, 2.05) is 0 Å². The maximum atomic E-state index is 14.2. The monoisotopic (exact) mass is 600 g/mol. The highest BCUT2D eigenvalue weighted by Gasteiger charge is 2.38. The van der Waals surface area contributed by atoms with Crippen molar-refractivity contribution >= 4 is 21.6 Å². The fraction of sp³-hybridized carbons (Fsp3) is 0.296. The van der Waals surface area contributed by atoms with Gasteiger partial charge in [0, 0.05) is 24.9 Å². The number of alkyl halides is 5. The minimum absolute atomic E-state index is 0.0489. The van der Waals surface area contributed by atoms with Crippen molar-refractivity contribution in [3.05, 3.63) is 72.0 Å². The van der Waals surface area contributed by atoms with E-state index in [4.69, 9.17) is 4.74 Å². The van der Waals surface area contributed by atoms with Crippen LogP contribution in [0.3, 0.4) is 0 Å². The standard InChI is InChI=1S/C27H22F6N2O5S/c28-18-8-16(9-20(12-18)40-26(29)30)15-4-6-24-23(10-15)35(14-21(39-24)13-19-5-7-25(36)34-19)41(37,38)22-3-1-2-17(11-22)27(31,32)33/h1-4,6,8-12,19,21,26H,5,7,13-14H2,(H,34,36)/t19?,21-/m0/s1. The van der Waals surface area contributed by atoms with E-state index in [-0.39, 0.29) is 47.5 Å². The molecule has 1 saturated heterocycles. The largest absolute Gasteiger partial charge is 0.486 e. The molecular formula is C27H22F6N2O5S. The van der Waals surface area contributed by atoms with Gasteiger partial charge in [0.1, 0.15) is 23.4 Å². The highest BCUT2D eigenvalue weighted by Crippen LogP contribution is 2.42. The van der Waals surface area contributed by atoms with Gasteiger partial charge in [-0.25, -0.2) is 12.8 Å². The van der Waals surface area contributed by atoms with Gasteiger partial charge < -0.3 is 14.8 Å². The topological polar surface area (TPSA) is 84.9 Å². The SMILES string of the molecule is O=C1CCC(C[C@H]2CN(S(=O)(=O)c3cccc(C(F)(F)F)c3)c3cc(-c4cc(F)cc(OC(F)F)c4)ccc3O2)N1. The Labute approximate surface area is 230 Å². The van der Waals surface area contributed by atoms with Crippen LogP contribution in [0, 0.1) is 5.82 Å². The van der Waals surface area contributed by atoms with E-state index in [1.165, 1.54) is 18.2 Å². The van der Waals surface area contributed by atoms with Crippen molar-refractivity contribution < 1.29 is 49.0 Å². The summed E-state index contributed by atoms with van der Waals surface area (Å²) in [6, 6.07) is 10.1. The Morgan fingerprint density at radius 1 is 1.05 bits per heavy atom. The molecule has 1 fully saturated rings. The molecule has 2 heterocycles. The van der Waals surface area contributed by atoms with E-state index >= 15 is 0 Å². The van der Waals surface area contributed by atoms with Crippen LogP contribution in [0.1, 0.15) is 24.8 Å². The van der Waals surface area contributed by atoms with Crippen molar-refractivity contribution in [3.63, 3.8) is 0 Å². The van der Waals surface area contributed by atoms with Gasteiger partial charge in [0.2, 0.25) is 5.91 Å². The number of anilines is 1. The summed E-state index contributed by atoms with van der Waals surface area (Å²) in [5.41, 5.74) is -0.920. The second-order valence-electron chi connectivity index (χ2n) is 9.58. The van der Waals surface area contributed by atoms with Gasteiger partial charge in [0.15, 0.2) is 0 Å². The number of carbonyl (C=O) groups is 1. The summed E-state index contributed by atoms with van der Waals surface area (Å²) in [7, 11) is -4.60. The molecule has 1 amide bonds. The Hall–Kier alpha value is -3.94. The van der Waals surface area contributed by atoms with Crippen LogP contribution in [0.5, 0.6) is 11.5 Å². The number of carbonyl (C=O) groups excluding carboxylic acids is 1. The van der Waals surface area contributed by atoms with E-state index in [2.05, 4.69) is 10.1 Å². The number of nitrogens with one attached hydrogen (secondary N) is 1. The van der Waals surface area contributed by atoms with Crippen LogP contribution in [0.2, 0.25) is 0 Å². The number of nitrogens with zero attached hydrogens (tertiary/aromatic N) is 1. The van der Waals surface area contributed by atoms with Crippen molar-refractivity contribution in [2.45, 2.75) is 49.1 Å². The van der Waals surface area contributed by atoms with Crippen LogP contribution in [0.15, 0.2) is 65.6 Å². The number of sulfonamides is 1. The first kappa shape index (κ1) is 28.6. The number of rotatable bonds is 7. The van der Waals surface area contributed by atoms with E-state index in [0.717, 1.165) is 40.7 Å². The molecule has 41 heavy (non-hydrogen) atoms. The molecule has 0 spiro atoms. The second kappa shape index (κ2) is 10.8. The third-order valence-corrected chi connectivity index (χ3v) is 8.48. The van der Waals surface area contributed by atoms with Crippen molar-refractivity contribution in [2.75, 3.05) is 10.8 Å². The Morgan fingerprint density at radius 2 is 1.83 bits per heavy atom. The van der Waals surface area contributed by atoms with E-state index in [9.17, 15) is 39.6 Å². The Bertz CT molecular complexity index is 1580. The van der Waals surface area contributed by atoms with Crippen LogP contribution in [-0.4, -0.2) is 39.6 Å². The molecule has 0 radical (unpaired) electrons. The molecule has 2 atom stereocenters. The molecule has 218 valence electrons. The fourth-order valence-corrected chi connectivity index (χ4v) is 6.42. The molecule has 7 nitrogen and oxygen atoms in total. The Balaban J connectivity index is 1.57. The predicted molar refractivity (Wildman–Crippen MR) is 135 cm³/mol. The highest BCUT2D eigenvalue weighted by atomic mass is 32.2. The van der Waals surface area contributed by atoms with Gasteiger partial charge in [0.05, 0.1) is 22.7 Å². The van der Waals surface area contributed by atoms with Gasteiger partial charge in [-0.1, -0.05) is 12.1 Å². The summed E-state index contributed by atoms with van der Waals surface area (Å²) >= 11 is 0. The minimum atomic E-state index is -4.79. The van der Waals surface area contributed by atoms with Crippen molar-refractivity contribution in [1.82, 2.24) is 5.32 Å². The molecule has 14 heteroatoms. The second-order valence-corrected chi connectivity index (χ2v) is 11.4. The normalized spacial score (nSPS) is 19.1. The number of hydrogen-bond acceptors (Lipinski definition) is 5. The van der Waals surface area contributed by atoms with Crippen LogP contribution in [0.25, 0.3) is 11.1 Å². The molecule has 0 bridgehead atoms. The van der Waals surface area contributed by atoms with Gasteiger partial charge in [-0.05, 0) is 60.0 Å². The third-order valence-electron chi connectivity index (χ3n) is 6.70. The van der Waals surface area contributed by atoms with Gasteiger partial charge in [0.25, 0.3) is 10.0 Å². The van der Waals surface area contributed by atoms with E-state index in [0.29, 0.717) is 18.9 Å². The van der Waals surface area contributed by atoms with Gasteiger partial charge >= 0.3 is 12.8 Å². The Morgan fingerprint density at radius 3 is 2.51 bits per heavy atom. The smallest absolute Gasteiger partial charge is 0.416 e. The first-order valence-corrected chi connectivity index (χ1v) is 13.8. The summed E-state index contributed by atoms with van der Waals surface area (Å²) < 4.78 is 119. The Kier molecular flexibility index (Phi) is 7.53. The molecule has 0 saturated carbocycles. The molecule has 1 unspecified atom stereocenters. The molecule has 2 aliphatic rings. The minimum Gasteiger partial charge on any atom is -0.486 e. The number of hydrogen-bond donors (Lipinski definition) is 1. The van der Waals surface area contributed by atoms with E-state index < -0.39 is 50.9 Å². The van der Waals surface area contributed by atoms with E-state index in [1.54, 1.807) is 0 Å². The number of amides is 1. The summed E-state index contributed by atoms with van der Waals surface area (Å²) in [6.45, 7) is -3.51. The zero-order chi connectivity index (χ0) is 29.5. The lowest BCUT2D eigenvalue weighted by atomic mass is 10.0. The van der Waals surface area contributed by atoms with Crippen LogP contribution >= 0.6 is 0 Å². The van der Waals surface area contributed by atoms with Gasteiger partial charge in [-0.3, -0.25) is 9.10 Å². The molecular weight excluding hydrogens is 578 g/mol. The zero-order valence-corrected chi connectivity index (χ0v) is 21.8. The summed E-state index contributed by atoms with van der Waals surface area (Å²) in [6.07, 6.45) is -4.51. The molecule has 0 aromatic heterocycles. The van der Waals surface area contributed by atoms with Gasteiger partial charge in [-0.2, -0.15) is 22.0 Å². The average molecular weight is 601 g/mol. The molecule has 0 aliphatic carbocycles. The van der Waals surface area contributed by atoms with Crippen molar-refractivity contribution in [1.29, 1.82) is 0 Å². The van der Waals surface area contributed by atoms with Crippen molar-refractivity contribution in [2.24, 2.45) is 0 Å². The fourth-order valence-electron chi connectivity index (χ4n) is 4.87. The molecule has 1 N–H and O–H groups in total. The first-order chi connectivity index (χ1) is 19.3. The quantitative estimate of drug-likeness (QED) is 0.350. The molecule has 5 rings (SSSR count). The number of benzene rings is 3. The zero-order valence-electron chi connectivity index (χ0n) is 21.0. The lowest BCUT2D eigenvalue weighted by Crippen LogP contribution is -2.45. The summed E-state index contributed by atoms with van der Waals surface area (Å²) in [5.74, 6) is -1.43. The van der Waals surface area contributed by atoms with Crippen molar-refractivity contribution in [3.8, 4) is 22.6 Å². The number of ether oxygens (including phenoxy) is 2. The molecule has 3 aromatic carbocycles.